The molecule has 3 heterocycles. The van der Waals surface area contributed by atoms with E-state index >= 15 is 0 Å². The van der Waals surface area contributed by atoms with Gasteiger partial charge in [-0.25, -0.2) is 4.98 Å². The summed E-state index contributed by atoms with van der Waals surface area (Å²) >= 11 is 3.20. The number of amides is 1. The zero-order valence-corrected chi connectivity index (χ0v) is 18.0. The lowest BCUT2D eigenvalue weighted by Crippen LogP contribution is -2.35. The Morgan fingerprint density at radius 2 is 2.07 bits per heavy atom. The quantitative estimate of drug-likeness (QED) is 0.461. The number of thioether (sulfide) groups is 1. The summed E-state index contributed by atoms with van der Waals surface area (Å²) in [5.74, 6) is 0.760. The number of benzene rings is 1. The van der Waals surface area contributed by atoms with Crippen LogP contribution in [0, 0.1) is 0 Å². The number of ether oxygens (including phenoxy) is 1. The molecule has 1 saturated heterocycles. The van der Waals surface area contributed by atoms with Gasteiger partial charge < -0.3 is 19.5 Å². The summed E-state index contributed by atoms with van der Waals surface area (Å²) in [6.45, 7) is 3.74. The third kappa shape index (κ3) is 4.83. The van der Waals surface area contributed by atoms with Crippen LogP contribution < -0.4 is 10.2 Å². The Hall–Kier alpha value is -2.29. The number of rotatable bonds is 7. The van der Waals surface area contributed by atoms with Gasteiger partial charge in [0.15, 0.2) is 5.16 Å². The molecule has 0 unspecified atom stereocenters. The molecule has 0 spiro atoms. The van der Waals surface area contributed by atoms with Crippen molar-refractivity contribution in [1.82, 2.24) is 14.9 Å². The first kappa shape index (κ1) is 20.0. The Bertz CT molecular complexity index is 949. The molecule has 152 valence electrons. The molecule has 0 saturated carbocycles. The van der Waals surface area contributed by atoms with E-state index in [9.17, 15) is 4.79 Å². The van der Waals surface area contributed by atoms with Gasteiger partial charge in [0.05, 0.1) is 23.1 Å². The summed E-state index contributed by atoms with van der Waals surface area (Å²) in [7, 11) is 1.97. The zero-order chi connectivity index (χ0) is 20.1. The highest BCUT2D eigenvalue weighted by Gasteiger charge is 2.21. The summed E-state index contributed by atoms with van der Waals surface area (Å²) in [5, 5.41) is 5.15. The van der Waals surface area contributed by atoms with Crippen molar-refractivity contribution >= 4 is 34.0 Å². The van der Waals surface area contributed by atoms with Crippen molar-refractivity contribution in [2.24, 2.45) is 7.05 Å². The smallest absolute Gasteiger partial charge is 0.261 e. The molecule has 6 nitrogen and oxygen atoms in total. The second kappa shape index (κ2) is 9.47. The van der Waals surface area contributed by atoms with Gasteiger partial charge in [-0.15, -0.1) is 11.3 Å². The fourth-order valence-corrected chi connectivity index (χ4v) is 5.14. The molecule has 1 N–H and O–H groups in total. The number of nitrogens with zero attached hydrogens (tertiary/aromatic N) is 3. The van der Waals surface area contributed by atoms with Gasteiger partial charge in [0, 0.05) is 50.4 Å². The van der Waals surface area contributed by atoms with Crippen LogP contribution in [-0.2, 0) is 11.8 Å². The van der Waals surface area contributed by atoms with Crippen molar-refractivity contribution in [3.8, 4) is 11.1 Å². The number of carbonyl (C=O) groups excluding carboxylic acids is 1. The Kier molecular flexibility index (Phi) is 6.53. The van der Waals surface area contributed by atoms with E-state index in [1.807, 2.05) is 42.1 Å². The molecule has 3 aromatic rings. The number of aryl methyl sites for hydroxylation is 1. The lowest BCUT2D eigenvalue weighted by atomic mass is 10.1. The Balaban J connectivity index is 1.45. The molecule has 1 aliphatic rings. The molecule has 1 fully saturated rings. The number of aromatic nitrogens is 2. The van der Waals surface area contributed by atoms with E-state index in [1.165, 1.54) is 0 Å². The number of morpholine rings is 1. The second-order valence-corrected chi connectivity index (χ2v) is 8.81. The van der Waals surface area contributed by atoms with Crippen molar-refractivity contribution in [2.75, 3.05) is 43.5 Å². The number of imidazole rings is 1. The summed E-state index contributed by atoms with van der Waals surface area (Å²) in [4.78, 5) is 20.1. The number of hydrogen-bond acceptors (Lipinski definition) is 6. The molecule has 29 heavy (non-hydrogen) atoms. The number of thiophene rings is 1. The van der Waals surface area contributed by atoms with Gasteiger partial charge in [-0.3, -0.25) is 4.79 Å². The van der Waals surface area contributed by atoms with E-state index in [4.69, 9.17) is 4.74 Å². The van der Waals surface area contributed by atoms with Crippen LogP contribution in [0.2, 0.25) is 0 Å². The van der Waals surface area contributed by atoms with Crippen LogP contribution in [0.25, 0.3) is 11.1 Å². The van der Waals surface area contributed by atoms with Crippen LogP contribution in [0.4, 0.5) is 5.00 Å². The van der Waals surface area contributed by atoms with E-state index in [1.54, 1.807) is 29.3 Å². The van der Waals surface area contributed by atoms with Crippen LogP contribution >= 0.6 is 23.1 Å². The van der Waals surface area contributed by atoms with Crippen LogP contribution in [-0.4, -0.2) is 54.1 Å². The number of nitrogens with one attached hydrogen (secondary N) is 1. The molecular formula is C21H24N4O2S2. The van der Waals surface area contributed by atoms with Crippen molar-refractivity contribution in [2.45, 2.75) is 5.16 Å². The fraction of sp³-hybridized carbons (Fsp3) is 0.333. The van der Waals surface area contributed by atoms with E-state index in [0.29, 0.717) is 6.54 Å². The van der Waals surface area contributed by atoms with Crippen molar-refractivity contribution in [3.63, 3.8) is 0 Å². The van der Waals surface area contributed by atoms with Gasteiger partial charge in [0.2, 0.25) is 0 Å². The number of hydrogen-bond donors (Lipinski definition) is 1. The standard InChI is InChI=1S/C21H24N4O2S2/c1-24-9-7-23-21(24)28-14-8-22-19(26)18-15-17(16-5-3-2-4-6-16)20(29-18)25-10-12-27-13-11-25/h2-7,9,15H,8,10-14H2,1H3,(H,22,26). The lowest BCUT2D eigenvalue weighted by Gasteiger charge is -2.28. The minimum absolute atomic E-state index is 0.0212. The maximum absolute atomic E-state index is 12.8. The Morgan fingerprint density at radius 1 is 1.28 bits per heavy atom. The van der Waals surface area contributed by atoms with Gasteiger partial charge in [0.25, 0.3) is 5.91 Å². The third-order valence-corrected chi connectivity index (χ3v) is 6.97. The van der Waals surface area contributed by atoms with Crippen LogP contribution in [0.3, 0.4) is 0 Å². The maximum Gasteiger partial charge on any atom is 0.261 e. The fourth-order valence-electron chi connectivity index (χ4n) is 3.20. The Labute approximate surface area is 178 Å². The highest BCUT2D eigenvalue weighted by atomic mass is 32.2. The van der Waals surface area contributed by atoms with Crippen LogP contribution in [0.5, 0.6) is 0 Å². The molecule has 0 bridgehead atoms. The summed E-state index contributed by atoms with van der Waals surface area (Å²) in [6, 6.07) is 12.3. The SMILES string of the molecule is Cn1ccnc1SCCNC(=O)c1cc(-c2ccccc2)c(N2CCOCC2)s1. The van der Waals surface area contributed by atoms with E-state index in [2.05, 4.69) is 27.3 Å². The number of carbonyl (C=O) groups is 1. The minimum atomic E-state index is -0.0212. The average Bonchev–Trinajstić information content (AvgIpc) is 3.39. The van der Waals surface area contributed by atoms with Gasteiger partial charge in [-0.1, -0.05) is 42.1 Å². The third-order valence-electron chi connectivity index (χ3n) is 4.72. The normalized spacial score (nSPS) is 14.2. The van der Waals surface area contributed by atoms with Gasteiger partial charge >= 0.3 is 0 Å². The van der Waals surface area contributed by atoms with Crippen molar-refractivity contribution < 1.29 is 9.53 Å². The molecule has 4 rings (SSSR count). The van der Waals surface area contributed by atoms with E-state index in [-0.39, 0.29) is 5.91 Å². The zero-order valence-electron chi connectivity index (χ0n) is 16.3. The first-order valence-electron chi connectivity index (χ1n) is 9.62. The van der Waals surface area contributed by atoms with Crippen molar-refractivity contribution in [1.29, 1.82) is 0 Å². The summed E-state index contributed by atoms with van der Waals surface area (Å²) < 4.78 is 7.48. The summed E-state index contributed by atoms with van der Waals surface area (Å²) in [5.41, 5.74) is 2.25. The van der Waals surface area contributed by atoms with Crippen molar-refractivity contribution in [3.05, 3.63) is 53.7 Å². The molecular weight excluding hydrogens is 404 g/mol. The summed E-state index contributed by atoms with van der Waals surface area (Å²) in [6.07, 6.45) is 3.70. The molecule has 1 aliphatic heterocycles. The highest BCUT2D eigenvalue weighted by Crippen LogP contribution is 2.39. The molecule has 1 amide bonds. The maximum atomic E-state index is 12.8. The first-order chi connectivity index (χ1) is 14.2. The predicted molar refractivity (Wildman–Crippen MR) is 119 cm³/mol. The first-order valence-corrected chi connectivity index (χ1v) is 11.4. The topological polar surface area (TPSA) is 59.4 Å². The monoisotopic (exact) mass is 428 g/mol. The van der Waals surface area contributed by atoms with Crippen LogP contribution in [0.1, 0.15) is 9.67 Å². The van der Waals surface area contributed by atoms with E-state index < -0.39 is 0 Å². The molecule has 8 heteroatoms. The molecule has 0 aliphatic carbocycles. The van der Waals surface area contributed by atoms with Gasteiger partial charge in [0.1, 0.15) is 0 Å². The van der Waals surface area contributed by atoms with Crippen LogP contribution in [0.15, 0.2) is 53.9 Å². The molecule has 0 radical (unpaired) electrons. The predicted octanol–water partition coefficient (Wildman–Crippen LogP) is 3.51. The van der Waals surface area contributed by atoms with Gasteiger partial charge in [-0.05, 0) is 11.6 Å². The largest absolute Gasteiger partial charge is 0.378 e. The lowest BCUT2D eigenvalue weighted by molar-refractivity contribution is 0.0960. The van der Waals surface area contributed by atoms with Gasteiger partial charge in [-0.2, -0.15) is 0 Å². The highest BCUT2D eigenvalue weighted by molar-refractivity contribution is 7.99. The Morgan fingerprint density at radius 3 is 2.79 bits per heavy atom. The number of anilines is 1. The minimum Gasteiger partial charge on any atom is -0.378 e. The average molecular weight is 429 g/mol. The molecule has 0 atom stereocenters. The second-order valence-electron chi connectivity index (χ2n) is 6.72. The molecule has 2 aromatic heterocycles. The molecule has 1 aromatic carbocycles. The van der Waals surface area contributed by atoms with E-state index in [0.717, 1.165) is 58.2 Å².